The second-order valence-electron chi connectivity index (χ2n) is 5.27. The summed E-state index contributed by atoms with van der Waals surface area (Å²) in [6.07, 6.45) is 4.23. The van der Waals surface area contributed by atoms with Crippen LogP contribution in [0, 0.1) is 5.92 Å². The normalized spacial score (nSPS) is 13.7. The summed E-state index contributed by atoms with van der Waals surface area (Å²) < 4.78 is 26.8. The maximum atomic E-state index is 12.1. The van der Waals surface area contributed by atoms with Crippen molar-refractivity contribution in [1.82, 2.24) is 9.71 Å². The highest BCUT2D eigenvalue weighted by atomic mass is 32.2. The standard InChI is InChI=1S/C13H23N3O2S/c1-10(2)5-4-6-11(3)16-19(17,18)12-7-8-13(14)15-9-12/h7-11,16H,4-6H2,1-3H3,(H2,14,15). The van der Waals surface area contributed by atoms with Crippen molar-refractivity contribution in [2.45, 2.75) is 51.0 Å². The molecule has 1 rings (SSSR count). The largest absolute Gasteiger partial charge is 0.384 e. The van der Waals surface area contributed by atoms with E-state index in [9.17, 15) is 8.42 Å². The second-order valence-corrected chi connectivity index (χ2v) is 6.98. The summed E-state index contributed by atoms with van der Waals surface area (Å²) in [7, 11) is -3.49. The van der Waals surface area contributed by atoms with Crippen molar-refractivity contribution in [1.29, 1.82) is 0 Å². The van der Waals surface area contributed by atoms with E-state index in [1.165, 1.54) is 18.3 Å². The molecule has 0 saturated heterocycles. The molecule has 108 valence electrons. The van der Waals surface area contributed by atoms with Crippen molar-refractivity contribution in [2.75, 3.05) is 5.73 Å². The van der Waals surface area contributed by atoms with Crippen LogP contribution in [0.2, 0.25) is 0 Å². The molecule has 0 aliphatic carbocycles. The number of pyridine rings is 1. The Hall–Kier alpha value is -1.14. The maximum Gasteiger partial charge on any atom is 0.242 e. The molecule has 1 aromatic heterocycles. The zero-order valence-corrected chi connectivity index (χ0v) is 12.6. The molecule has 19 heavy (non-hydrogen) atoms. The molecule has 6 heteroatoms. The zero-order chi connectivity index (χ0) is 14.5. The van der Waals surface area contributed by atoms with Gasteiger partial charge in [0.15, 0.2) is 0 Å². The maximum absolute atomic E-state index is 12.1. The van der Waals surface area contributed by atoms with E-state index in [4.69, 9.17) is 5.73 Å². The predicted molar refractivity (Wildman–Crippen MR) is 77.1 cm³/mol. The summed E-state index contributed by atoms with van der Waals surface area (Å²) >= 11 is 0. The number of hydrogen-bond donors (Lipinski definition) is 2. The molecule has 3 N–H and O–H groups in total. The highest BCUT2D eigenvalue weighted by Gasteiger charge is 2.17. The first-order valence-electron chi connectivity index (χ1n) is 6.55. The van der Waals surface area contributed by atoms with E-state index < -0.39 is 10.0 Å². The molecular formula is C13H23N3O2S. The predicted octanol–water partition coefficient (Wildman–Crippen LogP) is 2.16. The van der Waals surface area contributed by atoms with Gasteiger partial charge in [-0.05, 0) is 31.4 Å². The molecule has 0 fully saturated rings. The Labute approximate surface area is 115 Å². The lowest BCUT2D eigenvalue weighted by Crippen LogP contribution is -2.32. The summed E-state index contributed by atoms with van der Waals surface area (Å²) in [6.45, 7) is 6.20. The lowest BCUT2D eigenvalue weighted by atomic mass is 10.0. The van der Waals surface area contributed by atoms with Crippen LogP contribution in [0.5, 0.6) is 0 Å². The summed E-state index contributed by atoms with van der Waals surface area (Å²) in [5.74, 6) is 0.953. The zero-order valence-electron chi connectivity index (χ0n) is 11.8. The number of nitrogens with two attached hydrogens (primary N) is 1. The van der Waals surface area contributed by atoms with Crippen molar-refractivity contribution in [3.05, 3.63) is 18.3 Å². The number of nitrogens with one attached hydrogen (secondary N) is 1. The number of hydrogen-bond acceptors (Lipinski definition) is 4. The molecular weight excluding hydrogens is 262 g/mol. The van der Waals surface area contributed by atoms with Crippen LogP contribution in [-0.4, -0.2) is 19.4 Å². The molecule has 5 nitrogen and oxygen atoms in total. The average Bonchev–Trinajstić information content (AvgIpc) is 2.28. The van der Waals surface area contributed by atoms with Crippen LogP contribution in [0.3, 0.4) is 0 Å². The fourth-order valence-electron chi connectivity index (χ4n) is 1.77. The number of anilines is 1. The van der Waals surface area contributed by atoms with Gasteiger partial charge in [0.1, 0.15) is 10.7 Å². The van der Waals surface area contributed by atoms with Crippen molar-refractivity contribution in [2.24, 2.45) is 5.92 Å². The number of sulfonamides is 1. The molecule has 0 aliphatic rings. The van der Waals surface area contributed by atoms with Crippen molar-refractivity contribution < 1.29 is 8.42 Å². The Bertz CT molecular complexity index is 483. The molecule has 1 aromatic rings. The lowest BCUT2D eigenvalue weighted by Gasteiger charge is -2.14. The van der Waals surface area contributed by atoms with E-state index in [1.54, 1.807) is 0 Å². The second kappa shape index (κ2) is 6.86. The fraction of sp³-hybridized carbons (Fsp3) is 0.615. The van der Waals surface area contributed by atoms with Crippen LogP contribution >= 0.6 is 0 Å². The summed E-state index contributed by atoms with van der Waals surface area (Å²) in [6, 6.07) is 2.87. The first-order chi connectivity index (χ1) is 8.81. The summed E-state index contributed by atoms with van der Waals surface area (Å²) in [5.41, 5.74) is 5.44. The highest BCUT2D eigenvalue weighted by Crippen LogP contribution is 2.12. The molecule has 0 aromatic carbocycles. The molecule has 0 bridgehead atoms. The van der Waals surface area contributed by atoms with Gasteiger partial charge in [-0.1, -0.05) is 26.7 Å². The van der Waals surface area contributed by atoms with Crippen molar-refractivity contribution in [3.8, 4) is 0 Å². The van der Waals surface area contributed by atoms with Crippen LogP contribution in [0.1, 0.15) is 40.0 Å². The Kier molecular flexibility index (Phi) is 5.75. The van der Waals surface area contributed by atoms with Crippen molar-refractivity contribution in [3.63, 3.8) is 0 Å². The first kappa shape index (κ1) is 15.9. The van der Waals surface area contributed by atoms with E-state index >= 15 is 0 Å². The van der Waals surface area contributed by atoms with Gasteiger partial charge in [0.25, 0.3) is 0 Å². The van der Waals surface area contributed by atoms with E-state index in [-0.39, 0.29) is 10.9 Å². The van der Waals surface area contributed by atoms with Crippen LogP contribution in [0.4, 0.5) is 5.82 Å². The minimum absolute atomic E-state index is 0.0821. The Balaban J connectivity index is 2.57. The molecule has 0 saturated carbocycles. The molecule has 1 unspecified atom stereocenters. The lowest BCUT2D eigenvalue weighted by molar-refractivity contribution is 0.488. The Morgan fingerprint density at radius 1 is 1.26 bits per heavy atom. The van der Waals surface area contributed by atoms with Crippen LogP contribution in [0.25, 0.3) is 0 Å². The molecule has 0 amide bonds. The SMILES string of the molecule is CC(C)CCCC(C)NS(=O)(=O)c1ccc(N)nc1. The van der Waals surface area contributed by atoms with Crippen LogP contribution < -0.4 is 10.5 Å². The van der Waals surface area contributed by atoms with Gasteiger partial charge in [0, 0.05) is 12.2 Å². The summed E-state index contributed by atoms with van der Waals surface area (Å²) in [5, 5.41) is 0. The monoisotopic (exact) mass is 285 g/mol. The van der Waals surface area contributed by atoms with Gasteiger partial charge in [-0.25, -0.2) is 18.1 Å². The number of nitrogen functional groups attached to an aromatic ring is 1. The third-order valence-electron chi connectivity index (χ3n) is 2.84. The Morgan fingerprint density at radius 2 is 1.95 bits per heavy atom. The third kappa shape index (κ3) is 5.57. The molecule has 0 radical (unpaired) electrons. The Morgan fingerprint density at radius 3 is 2.47 bits per heavy atom. The van der Waals surface area contributed by atoms with E-state index in [0.717, 1.165) is 19.3 Å². The third-order valence-corrected chi connectivity index (χ3v) is 4.42. The molecule has 0 spiro atoms. The van der Waals surface area contributed by atoms with Crippen molar-refractivity contribution >= 4 is 15.8 Å². The van der Waals surface area contributed by atoms with Gasteiger partial charge < -0.3 is 5.73 Å². The van der Waals surface area contributed by atoms with E-state index in [0.29, 0.717) is 11.7 Å². The minimum Gasteiger partial charge on any atom is -0.384 e. The van der Waals surface area contributed by atoms with Gasteiger partial charge in [-0.15, -0.1) is 0 Å². The first-order valence-corrected chi connectivity index (χ1v) is 8.03. The van der Waals surface area contributed by atoms with Gasteiger partial charge in [-0.2, -0.15) is 0 Å². The average molecular weight is 285 g/mol. The smallest absolute Gasteiger partial charge is 0.242 e. The van der Waals surface area contributed by atoms with E-state index in [2.05, 4.69) is 23.6 Å². The van der Waals surface area contributed by atoms with Crippen LogP contribution in [-0.2, 0) is 10.0 Å². The molecule has 0 aliphatic heterocycles. The molecule has 1 heterocycles. The van der Waals surface area contributed by atoms with Gasteiger partial charge in [0.05, 0.1) is 0 Å². The topological polar surface area (TPSA) is 85.1 Å². The minimum atomic E-state index is -3.49. The molecule has 1 atom stereocenters. The van der Waals surface area contributed by atoms with Crippen LogP contribution in [0.15, 0.2) is 23.2 Å². The van der Waals surface area contributed by atoms with Gasteiger partial charge >= 0.3 is 0 Å². The number of nitrogens with zero attached hydrogens (tertiary/aromatic N) is 1. The van der Waals surface area contributed by atoms with Gasteiger partial charge in [0.2, 0.25) is 10.0 Å². The number of aromatic nitrogens is 1. The van der Waals surface area contributed by atoms with E-state index in [1.807, 2.05) is 6.92 Å². The number of rotatable bonds is 7. The fourth-order valence-corrected chi connectivity index (χ4v) is 3.00. The highest BCUT2D eigenvalue weighted by molar-refractivity contribution is 7.89. The summed E-state index contributed by atoms with van der Waals surface area (Å²) in [4.78, 5) is 3.95. The van der Waals surface area contributed by atoms with Gasteiger partial charge in [-0.3, -0.25) is 0 Å². The quantitative estimate of drug-likeness (QED) is 0.804.